The summed E-state index contributed by atoms with van der Waals surface area (Å²) in [4.78, 5) is 31.8. The Bertz CT molecular complexity index is 1550. The highest BCUT2D eigenvalue weighted by molar-refractivity contribution is 6.03. The summed E-state index contributed by atoms with van der Waals surface area (Å²) >= 11 is 0. The highest BCUT2D eigenvalue weighted by atomic mass is 16.6. The van der Waals surface area contributed by atoms with Crippen molar-refractivity contribution >= 4 is 28.7 Å². The molecule has 2 aromatic heterocycles. The average molecular weight is 541 g/mol. The average Bonchev–Trinajstić information content (AvgIpc) is 3.33. The van der Waals surface area contributed by atoms with Crippen molar-refractivity contribution in [3.8, 4) is 17.2 Å². The zero-order valence-corrected chi connectivity index (χ0v) is 23.1. The second-order valence-corrected chi connectivity index (χ2v) is 10.4. The third kappa shape index (κ3) is 5.83. The van der Waals surface area contributed by atoms with Crippen molar-refractivity contribution in [1.82, 2.24) is 19.7 Å². The molecule has 5 rings (SSSR count). The fourth-order valence-electron chi connectivity index (χ4n) is 4.49. The van der Waals surface area contributed by atoms with Crippen molar-refractivity contribution in [3.05, 3.63) is 84.2 Å². The number of para-hydroxylation sites is 1. The Morgan fingerprint density at radius 1 is 0.950 bits per heavy atom. The number of rotatable bonds is 6. The maximum Gasteiger partial charge on any atom is 0.410 e. The minimum Gasteiger partial charge on any atom is -0.461 e. The summed E-state index contributed by atoms with van der Waals surface area (Å²) in [5.74, 6) is 0.880. The number of amides is 1. The van der Waals surface area contributed by atoms with Gasteiger partial charge in [-0.15, -0.1) is 0 Å². The normalized spacial score (nSPS) is 13.6. The monoisotopic (exact) mass is 540 g/mol. The summed E-state index contributed by atoms with van der Waals surface area (Å²) in [5.41, 5.74) is 3.30. The lowest BCUT2D eigenvalue weighted by atomic mass is 9.99. The maximum atomic E-state index is 13.1. The molecule has 3 heterocycles. The number of benzene rings is 2. The number of hydrogen-bond donors (Lipinski definition) is 0. The van der Waals surface area contributed by atoms with Gasteiger partial charge in [-0.2, -0.15) is 5.10 Å². The Kier molecular flexibility index (Phi) is 7.55. The summed E-state index contributed by atoms with van der Waals surface area (Å²) in [6, 6.07) is 18.7. The first-order chi connectivity index (χ1) is 19.2. The van der Waals surface area contributed by atoms with E-state index in [2.05, 4.69) is 4.98 Å². The van der Waals surface area contributed by atoms with Crippen molar-refractivity contribution in [2.45, 2.75) is 39.7 Å². The van der Waals surface area contributed by atoms with Crippen LogP contribution in [0.4, 0.5) is 4.79 Å². The van der Waals surface area contributed by atoms with Crippen LogP contribution in [0.3, 0.4) is 0 Å². The van der Waals surface area contributed by atoms with E-state index < -0.39 is 11.6 Å². The quantitative estimate of drug-likeness (QED) is 0.261. The highest BCUT2D eigenvalue weighted by Gasteiger charge is 2.27. The Balaban J connectivity index is 1.49. The molecule has 0 atom stereocenters. The first-order valence-electron chi connectivity index (χ1n) is 13.3. The molecule has 1 amide bonds. The van der Waals surface area contributed by atoms with E-state index in [4.69, 9.17) is 19.3 Å². The summed E-state index contributed by atoms with van der Waals surface area (Å²) < 4.78 is 18.4. The number of nitrogens with zero attached hydrogens (tertiary/aromatic N) is 4. The lowest BCUT2D eigenvalue weighted by Gasteiger charge is -2.29. The van der Waals surface area contributed by atoms with Crippen LogP contribution in [0.5, 0.6) is 11.5 Å². The van der Waals surface area contributed by atoms with Crippen molar-refractivity contribution in [3.63, 3.8) is 0 Å². The molecular formula is C31H32N4O5. The largest absolute Gasteiger partial charge is 0.461 e. The van der Waals surface area contributed by atoms with Crippen LogP contribution >= 0.6 is 0 Å². The van der Waals surface area contributed by atoms with Crippen LogP contribution in [-0.2, 0) is 9.47 Å². The molecule has 206 valence electrons. The molecule has 4 aromatic rings. The molecule has 0 aliphatic carbocycles. The number of esters is 1. The Labute approximate surface area is 233 Å². The van der Waals surface area contributed by atoms with Crippen LogP contribution < -0.4 is 4.74 Å². The molecule has 0 fully saturated rings. The van der Waals surface area contributed by atoms with E-state index in [0.717, 1.165) is 16.9 Å². The van der Waals surface area contributed by atoms with Gasteiger partial charge in [0, 0.05) is 24.8 Å². The van der Waals surface area contributed by atoms with Crippen molar-refractivity contribution in [2.24, 2.45) is 0 Å². The first kappa shape index (κ1) is 26.9. The molecule has 0 saturated carbocycles. The van der Waals surface area contributed by atoms with E-state index in [9.17, 15) is 9.59 Å². The summed E-state index contributed by atoms with van der Waals surface area (Å²) in [5, 5.41) is 4.84. The van der Waals surface area contributed by atoms with Crippen molar-refractivity contribution < 1.29 is 23.8 Å². The number of ether oxygens (including phenoxy) is 3. The molecule has 0 unspecified atom stereocenters. The van der Waals surface area contributed by atoms with Crippen LogP contribution in [0.1, 0.15) is 50.2 Å². The molecule has 0 spiro atoms. The van der Waals surface area contributed by atoms with Crippen molar-refractivity contribution in [2.75, 3.05) is 19.7 Å². The van der Waals surface area contributed by atoms with Gasteiger partial charge in [-0.3, -0.25) is 4.98 Å². The minimum absolute atomic E-state index is 0.223. The Morgan fingerprint density at radius 2 is 1.68 bits per heavy atom. The number of carbonyl (C=O) groups is 2. The second-order valence-electron chi connectivity index (χ2n) is 10.4. The maximum absolute atomic E-state index is 13.1. The van der Waals surface area contributed by atoms with Gasteiger partial charge in [0.15, 0.2) is 5.69 Å². The molecule has 0 saturated heterocycles. The SMILES string of the molecule is CCOC(=O)c1c2nccc(C3=CCN(C(=O)OC(C)(C)C)CC3)c2nn1-c1ccc(Oc2ccccc2)cc1. The molecule has 9 heteroatoms. The number of aromatic nitrogens is 3. The number of carbonyl (C=O) groups excluding carboxylic acids is 2. The van der Waals surface area contributed by atoms with Crippen LogP contribution in [0, 0.1) is 0 Å². The van der Waals surface area contributed by atoms with E-state index in [0.29, 0.717) is 42.0 Å². The number of hydrogen-bond acceptors (Lipinski definition) is 7. The molecular weight excluding hydrogens is 508 g/mol. The van der Waals surface area contributed by atoms with Gasteiger partial charge < -0.3 is 19.1 Å². The number of pyridine rings is 1. The summed E-state index contributed by atoms with van der Waals surface area (Å²) in [6.45, 7) is 8.47. The third-order valence-electron chi connectivity index (χ3n) is 6.30. The van der Waals surface area contributed by atoms with Gasteiger partial charge in [-0.1, -0.05) is 24.3 Å². The topological polar surface area (TPSA) is 95.8 Å². The van der Waals surface area contributed by atoms with E-state index in [1.807, 2.05) is 87.5 Å². The van der Waals surface area contributed by atoms with Gasteiger partial charge >= 0.3 is 12.1 Å². The lowest BCUT2D eigenvalue weighted by Crippen LogP contribution is -2.39. The Morgan fingerprint density at radius 3 is 2.33 bits per heavy atom. The van der Waals surface area contributed by atoms with Crippen LogP contribution in [0.15, 0.2) is 72.9 Å². The fraction of sp³-hybridized carbons (Fsp3) is 0.290. The first-order valence-corrected chi connectivity index (χ1v) is 13.3. The van der Waals surface area contributed by atoms with E-state index in [1.165, 1.54) is 0 Å². The molecule has 1 aliphatic rings. The molecule has 1 aliphatic heterocycles. The van der Waals surface area contributed by atoms with Gasteiger partial charge in [0.1, 0.15) is 28.1 Å². The minimum atomic E-state index is -0.555. The summed E-state index contributed by atoms with van der Waals surface area (Å²) in [7, 11) is 0. The predicted molar refractivity (Wildman–Crippen MR) is 152 cm³/mol. The van der Waals surface area contributed by atoms with Gasteiger partial charge in [0.2, 0.25) is 0 Å². The molecule has 0 N–H and O–H groups in total. The van der Waals surface area contributed by atoms with E-state index in [1.54, 1.807) is 22.7 Å². The zero-order valence-electron chi connectivity index (χ0n) is 23.1. The zero-order chi connectivity index (χ0) is 28.3. The highest BCUT2D eigenvalue weighted by Crippen LogP contribution is 2.32. The van der Waals surface area contributed by atoms with Gasteiger partial charge in [0.05, 0.1) is 12.3 Å². The van der Waals surface area contributed by atoms with E-state index in [-0.39, 0.29) is 18.4 Å². The van der Waals surface area contributed by atoms with Crippen LogP contribution in [0.2, 0.25) is 0 Å². The van der Waals surface area contributed by atoms with Gasteiger partial charge in [0.25, 0.3) is 0 Å². The molecule has 40 heavy (non-hydrogen) atoms. The number of fused-ring (bicyclic) bond motifs is 1. The van der Waals surface area contributed by atoms with E-state index >= 15 is 0 Å². The molecule has 0 radical (unpaired) electrons. The molecule has 0 bridgehead atoms. The molecule has 9 nitrogen and oxygen atoms in total. The fourth-order valence-corrected chi connectivity index (χ4v) is 4.49. The Hall–Kier alpha value is -4.66. The lowest BCUT2D eigenvalue weighted by molar-refractivity contribution is 0.0270. The van der Waals surface area contributed by atoms with Crippen molar-refractivity contribution in [1.29, 1.82) is 0 Å². The van der Waals surface area contributed by atoms with Crippen LogP contribution in [0.25, 0.3) is 22.3 Å². The smallest absolute Gasteiger partial charge is 0.410 e. The standard InChI is InChI=1S/C31H32N4O5/c1-5-38-29(36)28-27-26(33-35(28)22-11-13-24(14-12-22)39-23-9-7-6-8-10-23)25(15-18-32-27)21-16-19-34(20-17-21)30(37)40-31(2,3)4/h6-16,18H,5,17,19-20H2,1-4H3. The summed E-state index contributed by atoms with van der Waals surface area (Å²) in [6.07, 6.45) is 3.95. The molecule has 2 aromatic carbocycles. The van der Waals surface area contributed by atoms with Crippen LogP contribution in [-0.4, -0.2) is 57.0 Å². The predicted octanol–water partition coefficient (Wildman–Crippen LogP) is 6.41. The van der Waals surface area contributed by atoms with Gasteiger partial charge in [-0.05, 0) is 82.2 Å². The second kappa shape index (κ2) is 11.2. The third-order valence-corrected chi connectivity index (χ3v) is 6.30. The van der Waals surface area contributed by atoms with Gasteiger partial charge in [-0.25, -0.2) is 14.3 Å².